The average Bonchev–Trinajstić information content (AvgIpc) is 2.64. The number of amides is 1. The standard InChI is InChI=1S/C8H9N7O/c1-15-13-8(12-14-15)11-7(16)5-3-2-4-6(9)10-5/h2-4H,1H3,(H2,9,10)(H,11,13,16). The van der Waals surface area contributed by atoms with Gasteiger partial charge in [-0.05, 0) is 17.3 Å². The molecule has 2 rings (SSSR count). The van der Waals surface area contributed by atoms with Gasteiger partial charge in [-0.1, -0.05) is 11.2 Å². The lowest BCUT2D eigenvalue weighted by atomic mass is 10.3. The summed E-state index contributed by atoms with van der Waals surface area (Å²) < 4.78 is 0. The van der Waals surface area contributed by atoms with E-state index in [2.05, 4.69) is 25.7 Å². The smallest absolute Gasteiger partial charge is 0.276 e. The van der Waals surface area contributed by atoms with Crippen LogP contribution in [0.2, 0.25) is 0 Å². The highest BCUT2D eigenvalue weighted by Gasteiger charge is 2.10. The third-order valence-electron chi connectivity index (χ3n) is 1.74. The zero-order valence-corrected chi connectivity index (χ0v) is 8.45. The zero-order chi connectivity index (χ0) is 11.5. The zero-order valence-electron chi connectivity index (χ0n) is 8.45. The minimum Gasteiger partial charge on any atom is -0.384 e. The first-order chi connectivity index (χ1) is 7.65. The van der Waals surface area contributed by atoms with Crippen LogP contribution in [0.3, 0.4) is 0 Å². The van der Waals surface area contributed by atoms with Gasteiger partial charge in [-0.25, -0.2) is 4.98 Å². The Morgan fingerprint density at radius 3 is 2.94 bits per heavy atom. The molecule has 3 N–H and O–H groups in total. The van der Waals surface area contributed by atoms with E-state index in [9.17, 15) is 4.79 Å². The molecule has 0 unspecified atom stereocenters. The summed E-state index contributed by atoms with van der Waals surface area (Å²) in [7, 11) is 1.60. The van der Waals surface area contributed by atoms with Crippen LogP contribution in [0.1, 0.15) is 10.5 Å². The van der Waals surface area contributed by atoms with Gasteiger partial charge in [0.2, 0.25) is 0 Å². The lowest BCUT2D eigenvalue weighted by Crippen LogP contribution is -2.15. The highest BCUT2D eigenvalue weighted by Crippen LogP contribution is 2.03. The fourth-order valence-electron chi connectivity index (χ4n) is 1.08. The van der Waals surface area contributed by atoms with Crippen LogP contribution in [0.25, 0.3) is 0 Å². The molecule has 2 heterocycles. The van der Waals surface area contributed by atoms with Crippen LogP contribution in [-0.2, 0) is 7.05 Å². The van der Waals surface area contributed by atoms with Crippen molar-refractivity contribution in [2.24, 2.45) is 7.05 Å². The number of hydrogen-bond acceptors (Lipinski definition) is 6. The van der Waals surface area contributed by atoms with Crippen LogP contribution < -0.4 is 11.1 Å². The SMILES string of the molecule is Cn1nnc(NC(=O)c2cccc(N)n2)n1. The van der Waals surface area contributed by atoms with Crippen molar-refractivity contribution in [3.8, 4) is 0 Å². The maximum absolute atomic E-state index is 11.6. The molecule has 8 nitrogen and oxygen atoms in total. The van der Waals surface area contributed by atoms with Crippen LogP contribution in [0.5, 0.6) is 0 Å². The predicted molar refractivity (Wildman–Crippen MR) is 55.4 cm³/mol. The number of nitrogens with two attached hydrogens (primary N) is 1. The van der Waals surface area contributed by atoms with E-state index in [1.807, 2.05) is 0 Å². The Hall–Kier alpha value is -2.51. The van der Waals surface area contributed by atoms with Crippen molar-refractivity contribution in [2.75, 3.05) is 11.1 Å². The van der Waals surface area contributed by atoms with Crippen molar-refractivity contribution in [3.63, 3.8) is 0 Å². The largest absolute Gasteiger partial charge is 0.384 e. The number of aromatic nitrogens is 5. The molecule has 2 aromatic heterocycles. The van der Waals surface area contributed by atoms with E-state index in [-0.39, 0.29) is 17.5 Å². The molecule has 0 spiro atoms. The van der Waals surface area contributed by atoms with Crippen molar-refractivity contribution >= 4 is 17.7 Å². The van der Waals surface area contributed by atoms with Crippen molar-refractivity contribution in [1.29, 1.82) is 0 Å². The quantitative estimate of drug-likeness (QED) is 0.700. The molecule has 0 saturated carbocycles. The first-order valence-electron chi connectivity index (χ1n) is 4.43. The summed E-state index contributed by atoms with van der Waals surface area (Å²) in [4.78, 5) is 16.7. The van der Waals surface area contributed by atoms with E-state index in [1.54, 1.807) is 25.2 Å². The van der Waals surface area contributed by atoms with Gasteiger partial charge in [-0.3, -0.25) is 10.1 Å². The molecule has 0 atom stereocenters. The van der Waals surface area contributed by atoms with Crippen LogP contribution in [0, 0.1) is 0 Å². The maximum Gasteiger partial charge on any atom is 0.276 e. The van der Waals surface area contributed by atoms with Gasteiger partial charge >= 0.3 is 0 Å². The maximum atomic E-state index is 11.6. The van der Waals surface area contributed by atoms with Crippen molar-refractivity contribution in [2.45, 2.75) is 0 Å². The molecule has 82 valence electrons. The summed E-state index contributed by atoms with van der Waals surface area (Å²) in [6.07, 6.45) is 0. The van der Waals surface area contributed by atoms with E-state index >= 15 is 0 Å². The Morgan fingerprint density at radius 1 is 1.50 bits per heavy atom. The van der Waals surface area contributed by atoms with Gasteiger partial charge in [-0.15, -0.1) is 5.10 Å². The summed E-state index contributed by atoms with van der Waals surface area (Å²) in [5.74, 6) is -0.0308. The first kappa shape index (κ1) is 10.0. The molecule has 0 saturated heterocycles. The second kappa shape index (κ2) is 3.93. The minimum absolute atomic E-state index is 0.122. The number of anilines is 2. The van der Waals surface area contributed by atoms with Gasteiger partial charge in [0.15, 0.2) is 0 Å². The van der Waals surface area contributed by atoms with Gasteiger partial charge in [0.05, 0.1) is 7.05 Å². The molecule has 8 heteroatoms. The fraction of sp³-hybridized carbons (Fsp3) is 0.125. The molecule has 0 bridgehead atoms. The Balaban J connectivity index is 2.14. The van der Waals surface area contributed by atoms with Crippen LogP contribution in [-0.4, -0.2) is 31.1 Å². The highest BCUT2D eigenvalue weighted by molar-refractivity contribution is 6.01. The monoisotopic (exact) mass is 219 g/mol. The van der Waals surface area contributed by atoms with E-state index in [0.29, 0.717) is 0 Å². The van der Waals surface area contributed by atoms with Crippen molar-refractivity contribution in [1.82, 2.24) is 25.2 Å². The van der Waals surface area contributed by atoms with Crippen LogP contribution >= 0.6 is 0 Å². The molecule has 1 amide bonds. The van der Waals surface area contributed by atoms with Gasteiger partial charge in [0, 0.05) is 0 Å². The second-order valence-electron chi connectivity index (χ2n) is 3.00. The molecular weight excluding hydrogens is 210 g/mol. The number of nitrogens with one attached hydrogen (secondary N) is 1. The first-order valence-corrected chi connectivity index (χ1v) is 4.43. The number of aryl methyl sites for hydroxylation is 1. The topological polar surface area (TPSA) is 112 Å². The van der Waals surface area contributed by atoms with Gasteiger partial charge < -0.3 is 5.73 Å². The van der Waals surface area contributed by atoms with Crippen molar-refractivity contribution < 1.29 is 4.79 Å². The normalized spacial score (nSPS) is 10.1. The molecule has 0 fully saturated rings. The van der Waals surface area contributed by atoms with Crippen LogP contribution in [0.4, 0.5) is 11.8 Å². The summed E-state index contributed by atoms with van der Waals surface area (Å²) in [6, 6.07) is 4.78. The van der Waals surface area contributed by atoms with Gasteiger partial charge in [0.25, 0.3) is 11.9 Å². The number of carbonyl (C=O) groups excluding carboxylic acids is 1. The molecule has 0 radical (unpaired) electrons. The van der Waals surface area contributed by atoms with E-state index < -0.39 is 5.91 Å². The molecule has 0 aromatic carbocycles. The second-order valence-corrected chi connectivity index (χ2v) is 3.00. The Morgan fingerprint density at radius 2 is 2.31 bits per heavy atom. The third-order valence-corrected chi connectivity index (χ3v) is 1.74. The number of carbonyl (C=O) groups is 1. The summed E-state index contributed by atoms with van der Waals surface area (Å²) in [5.41, 5.74) is 5.66. The summed E-state index contributed by atoms with van der Waals surface area (Å²) in [6.45, 7) is 0. The summed E-state index contributed by atoms with van der Waals surface area (Å²) >= 11 is 0. The molecule has 2 aromatic rings. The number of rotatable bonds is 2. The van der Waals surface area contributed by atoms with Crippen molar-refractivity contribution in [3.05, 3.63) is 23.9 Å². The number of hydrogen-bond donors (Lipinski definition) is 2. The highest BCUT2D eigenvalue weighted by atomic mass is 16.2. The Bertz CT molecular complexity index is 521. The number of nitrogen functional groups attached to an aromatic ring is 1. The number of tetrazole rings is 1. The number of pyridine rings is 1. The molecule has 0 aliphatic carbocycles. The van der Waals surface area contributed by atoms with E-state index in [0.717, 1.165) is 0 Å². The lowest BCUT2D eigenvalue weighted by molar-refractivity contribution is 0.102. The molecular formula is C8H9N7O. The minimum atomic E-state index is -0.430. The number of nitrogens with zero attached hydrogens (tertiary/aromatic N) is 5. The third kappa shape index (κ3) is 2.11. The van der Waals surface area contributed by atoms with Crippen LogP contribution in [0.15, 0.2) is 18.2 Å². The lowest BCUT2D eigenvalue weighted by Gasteiger charge is -1.99. The fourth-order valence-corrected chi connectivity index (χ4v) is 1.08. The van der Waals surface area contributed by atoms with E-state index in [1.165, 1.54) is 4.80 Å². The molecule has 16 heavy (non-hydrogen) atoms. The summed E-state index contributed by atoms with van der Waals surface area (Å²) in [5, 5.41) is 13.4. The molecule has 0 aliphatic heterocycles. The van der Waals surface area contributed by atoms with Gasteiger partial charge in [0.1, 0.15) is 11.5 Å². The average molecular weight is 219 g/mol. The van der Waals surface area contributed by atoms with E-state index in [4.69, 9.17) is 5.73 Å². The molecule has 0 aliphatic rings. The predicted octanol–water partition coefficient (Wildman–Crippen LogP) is -0.560. The van der Waals surface area contributed by atoms with Gasteiger partial charge in [-0.2, -0.15) is 4.80 Å². The Kier molecular flexibility index (Phi) is 2.46. The Labute approximate surface area is 90.5 Å².